The van der Waals surface area contributed by atoms with Crippen LogP contribution >= 0.6 is 24.0 Å². The predicted octanol–water partition coefficient (Wildman–Crippen LogP) is 2.89. The van der Waals surface area contributed by atoms with Gasteiger partial charge >= 0.3 is 0 Å². The number of nitrogens with zero attached hydrogens (tertiary/aromatic N) is 4. The lowest BCUT2D eigenvalue weighted by molar-refractivity contribution is -0.0705. The quantitative estimate of drug-likeness (QED) is 0.393. The summed E-state index contributed by atoms with van der Waals surface area (Å²) in [6.45, 7) is 7.95. The number of morpholine rings is 1. The summed E-state index contributed by atoms with van der Waals surface area (Å²) in [6, 6.07) is 8.63. The third-order valence-corrected chi connectivity index (χ3v) is 4.20. The van der Waals surface area contributed by atoms with E-state index in [4.69, 9.17) is 9.73 Å². The van der Waals surface area contributed by atoms with Gasteiger partial charge in [0.2, 0.25) is 0 Å². The van der Waals surface area contributed by atoms with Crippen LogP contribution in [-0.2, 0) is 17.8 Å². The van der Waals surface area contributed by atoms with Gasteiger partial charge in [-0.25, -0.2) is 4.99 Å². The molecule has 2 unspecified atom stereocenters. The van der Waals surface area contributed by atoms with Gasteiger partial charge in [-0.15, -0.1) is 24.0 Å². The van der Waals surface area contributed by atoms with Crippen LogP contribution < -0.4 is 0 Å². The Morgan fingerprint density at radius 3 is 2.08 bits per heavy atom. The Morgan fingerprint density at radius 2 is 1.56 bits per heavy atom. The first kappa shape index (κ1) is 22.2. The smallest absolute Gasteiger partial charge is 0.195 e. The van der Waals surface area contributed by atoms with Crippen LogP contribution in [-0.4, -0.2) is 74.1 Å². The van der Waals surface area contributed by atoms with Crippen molar-refractivity contribution in [2.45, 2.75) is 39.1 Å². The monoisotopic (exact) mass is 460 g/mol. The van der Waals surface area contributed by atoms with Crippen LogP contribution in [0, 0.1) is 0 Å². The van der Waals surface area contributed by atoms with Crippen LogP contribution in [0.3, 0.4) is 0 Å². The van der Waals surface area contributed by atoms with Gasteiger partial charge in [0.05, 0.1) is 18.8 Å². The number of ether oxygens (including phenoxy) is 1. The van der Waals surface area contributed by atoms with E-state index in [1.165, 1.54) is 11.1 Å². The van der Waals surface area contributed by atoms with Gasteiger partial charge in [-0.05, 0) is 25.0 Å². The molecule has 0 radical (unpaired) electrons. The lowest BCUT2D eigenvalue weighted by atomic mass is 10.1. The Kier molecular flexibility index (Phi) is 9.16. The van der Waals surface area contributed by atoms with Crippen LogP contribution in [0.1, 0.15) is 25.0 Å². The average molecular weight is 460 g/mol. The summed E-state index contributed by atoms with van der Waals surface area (Å²) in [7, 11) is 8.12. The van der Waals surface area contributed by atoms with Gasteiger partial charge in [-0.2, -0.15) is 0 Å². The molecular formula is C19H33IN4O. The normalized spacial score (nSPS) is 20.6. The number of aliphatic imine (C=N–C) groups is 1. The van der Waals surface area contributed by atoms with E-state index < -0.39 is 0 Å². The van der Waals surface area contributed by atoms with Crippen LogP contribution in [0.5, 0.6) is 0 Å². The summed E-state index contributed by atoms with van der Waals surface area (Å²) < 4.78 is 5.84. The third-order valence-electron chi connectivity index (χ3n) is 4.20. The van der Waals surface area contributed by atoms with Crippen LogP contribution in [0.2, 0.25) is 0 Å². The maximum atomic E-state index is 5.84. The number of hydrogen-bond acceptors (Lipinski definition) is 3. The maximum Gasteiger partial charge on any atom is 0.195 e. The lowest BCUT2D eigenvalue weighted by Gasteiger charge is -2.35. The molecule has 0 aromatic heterocycles. The largest absolute Gasteiger partial charge is 0.373 e. The zero-order valence-electron chi connectivity index (χ0n) is 16.4. The lowest BCUT2D eigenvalue weighted by Crippen LogP contribution is -2.44. The molecule has 0 amide bonds. The molecule has 1 aliphatic heterocycles. The highest BCUT2D eigenvalue weighted by Crippen LogP contribution is 2.17. The third kappa shape index (κ3) is 6.75. The average Bonchev–Trinajstić information content (AvgIpc) is 2.47. The van der Waals surface area contributed by atoms with Crippen molar-refractivity contribution in [3.05, 3.63) is 35.4 Å². The second kappa shape index (κ2) is 10.3. The second-order valence-electron chi connectivity index (χ2n) is 7.13. The Labute approximate surface area is 170 Å². The number of halogens is 1. The van der Waals surface area contributed by atoms with E-state index in [9.17, 15) is 0 Å². The van der Waals surface area contributed by atoms with E-state index in [-0.39, 0.29) is 24.0 Å². The van der Waals surface area contributed by atoms with E-state index in [2.05, 4.69) is 43.0 Å². The van der Waals surface area contributed by atoms with Crippen molar-refractivity contribution in [2.75, 3.05) is 41.3 Å². The molecule has 0 bridgehead atoms. The SMILES string of the molecule is CC1CN(Cc2ccccc2CN=C(N(C)C)N(C)C)CC(C)O1.I. The Bertz CT molecular complexity index is 542. The van der Waals surface area contributed by atoms with E-state index in [0.29, 0.717) is 18.8 Å². The molecule has 142 valence electrons. The van der Waals surface area contributed by atoms with E-state index in [1.54, 1.807) is 0 Å². The first-order chi connectivity index (χ1) is 11.4. The van der Waals surface area contributed by atoms with Gasteiger partial charge in [-0.1, -0.05) is 24.3 Å². The summed E-state index contributed by atoms with van der Waals surface area (Å²) >= 11 is 0. The minimum absolute atomic E-state index is 0. The fourth-order valence-electron chi connectivity index (χ4n) is 3.36. The summed E-state index contributed by atoms with van der Waals surface area (Å²) in [4.78, 5) is 11.4. The highest BCUT2D eigenvalue weighted by Gasteiger charge is 2.22. The Morgan fingerprint density at radius 1 is 1.04 bits per heavy atom. The number of rotatable bonds is 4. The fraction of sp³-hybridized carbons (Fsp3) is 0.632. The summed E-state index contributed by atoms with van der Waals surface area (Å²) in [5.41, 5.74) is 2.66. The number of hydrogen-bond donors (Lipinski definition) is 0. The summed E-state index contributed by atoms with van der Waals surface area (Å²) in [5, 5.41) is 0. The molecule has 1 heterocycles. The zero-order valence-corrected chi connectivity index (χ0v) is 18.7. The summed E-state index contributed by atoms with van der Waals surface area (Å²) in [6.07, 6.45) is 0.598. The topological polar surface area (TPSA) is 31.3 Å². The van der Waals surface area contributed by atoms with Crippen molar-refractivity contribution in [3.8, 4) is 0 Å². The van der Waals surface area contributed by atoms with Crippen molar-refractivity contribution in [1.29, 1.82) is 0 Å². The molecule has 1 aromatic rings. The van der Waals surface area contributed by atoms with Crippen molar-refractivity contribution in [1.82, 2.24) is 14.7 Å². The number of guanidine groups is 1. The number of benzene rings is 1. The van der Waals surface area contributed by atoms with Gasteiger partial charge in [0.15, 0.2) is 5.96 Å². The highest BCUT2D eigenvalue weighted by molar-refractivity contribution is 14.0. The van der Waals surface area contributed by atoms with Crippen LogP contribution in [0.15, 0.2) is 29.3 Å². The molecule has 2 rings (SSSR count). The fourth-order valence-corrected chi connectivity index (χ4v) is 3.36. The zero-order chi connectivity index (χ0) is 17.7. The Balaban J connectivity index is 0.00000312. The minimum atomic E-state index is 0. The van der Waals surface area contributed by atoms with Gasteiger partial charge in [-0.3, -0.25) is 4.90 Å². The van der Waals surface area contributed by atoms with Crippen molar-refractivity contribution < 1.29 is 4.74 Å². The molecule has 0 aliphatic carbocycles. The van der Waals surface area contributed by atoms with E-state index in [1.807, 2.05) is 38.0 Å². The predicted molar refractivity (Wildman–Crippen MR) is 116 cm³/mol. The molecule has 6 heteroatoms. The molecule has 1 fully saturated rings. The standard InChI is InChI=1S/C19H32N4O.HI/c1-15-12-23(13-16(2)24-15)14-18-10-8-7-9-17(18)11-20-19(21(3)4)22(5)6;/h7-10,15-16H,11-14H2,1-6H3;1H. The first-order valence-corrected chi connectivity index (χ1v) is 8.70. The van der Waals surface area contributed by atoms with Gasteiger partial charge < -0.3 is 14.5 Å². The first-order valence-electron chi connectivity index (χ1n) is 8.70. The molecule has 5 nitrogen and oxygen atoms in total. The summed E-state index contributed by atoms with van der Waals surface area (Å²) in [5.74, 6) is 0.985. The maximum absolute atomic E-state index is 5.84. The van der Waals surface area contributed by atoms with Crippen molar-refractivity contribution in [2.24, 2.45) is 4.99 Å². The van der Waals surface area contributed by atoms with E-state index >= 15 is 0 Å². The van der Waals surface area contributed by atoms with Gasteiger partial charge in [0.1, 0.15) is 0 Å². The molecule has 1 aliphatic rings. The van der Waals surface area contributed by atoms with Crippen molar-refractivity contribution in [3.63, 3.8) is 0 Å². The van der Waals surface area contributed by atoms with Crippen LogP contribution in [0.4, 0.5) is 0 Å². The molecule has 0 N–H and O–H groups in total. The Hall–Kier alpha value is -0.860. The van der Waals surface area contributed by atoms with Crippen molar-refractivity contribution >= 4 is 29.9 Å². The molecule has 1 aromatic carbocycles. The molecule has 1 saturated heterocycles. The van der Waals surface area contributed by atoms with Crippen LogP contribution in [0.25, 0.3) is 0 Å². The highest BCUT2D eigenvalue weighted by atomic mass is 127. The molecule has 0 spiro atoms. The van der Waals surface area contributed by atoms with Gasteiger partial charge in [0, 0.05) is 47.8 Å². The second-order valence-corrected chi connectivity index (χ2v) is 7.13. The molecular weight excluding hydrogens is 427 g/mol. The van der Waals surface area contributed by atoms with E-state index in [0.717, 1.165) is 25.6 Å². The minimum Gasteiger partial charge on any atom is -0.373 e. The van der Waals surface area contributed by atoms with Gasteiger partial charge in [0.25, 0.3) is 0 Å². The molecule has 25 heavy (non-hydrogen) atoms. The molecule has 2 atom stereocenters. The molecule has 0 saturated carbocycles.